The summed E-state index contributed by atoms with van der Waals surface area (Å²) >= 11 is 0. The van der Waals surface area contributed by atoms with Crippen LogP contribution >= 0.6 is 0 Å². The first-order chi connectivity index (χ1) is 13.0. The minimum atomic E-state index is -0.454. The molecule has 0 aliphatic carbocycles. The standard InChI is InChI=1S/C21H26N2O4/c1-4-16(3)18-10-5-6-11-19(18)27-14-21(25)23-22-20(24)13-26-17-9-7-8-15(2)12-17/h5-12,16H,4,13-14H2,1-3H3,(H,22,24)(H,23,25). The number of carbonyl (C=O) groups excluding carboxylic acids is 2. The summed E-state index contributed by atoms with van der Waals surface area (Å²) in [5, 5.41) is 0. The Balaban J connectivity index is 1.74. The summed E-state index contributed by atoms with van der Waals surface area (Å²) in [4.78, 5) is 23.7. The number of hydrazine groups is 1. The Morgan fingerprint density at radius 3 is 2.30 bits per heavy atom. The van der Waals surface area contributed by atoms with E-state index in [-0.39, 0.29) is 13.2 Å². The molecule has 2 aromatic carbocycles. The van der Waals surface area contributed by atoms with Crippen molar-refractivity contribution in [2.45, 2.75) is 33.1 Å². The Kier molecular flexibility index (Phi) is 7.67. The lowest BCUT2D eigenvalue weighted by atomic mass is 9.98. The van der Waals surface area contributed by atoms with Gasteiger partial charge in [0.15, 0.2) is 13.2 Å². The number of hydrogen-bond donors (Lipinski definition) is 2. The molecule has 2 aromatic rings. The molecule has 2 amide bonds. The summed E-state index contributed by atoms with van der Waals surface area (Å²) in [5.41, 5.74) is 6.72. The third-order valence-corrected chi connectivity index (χ3v) is 4.12. The first kappa shape index (κ1) is 20.3. The Hall–Kier alpha value is -3.02. The Morgan fingerprint density at radius 2 is 1.63 bits per heavy atom. The van der Waals surface area contributed by atoms with E-state index >= 15 is 0 Å². The Labute approximate surface area is 159 Å². The van der Waals surface area contributed by atoms with Crippen LogP contribution in [0.2, 0.25) is 0 Å². The van der Waals surface area contributed by atoms with Crippen LogP contribution in [0.25, 0.3) is 0 Å². The topological polar surface area (TPSA) is 76.7 Å². The third kappa shape index (κ3) is 6.66. The van der Waals surface area contributed by atoms with Crippen LogP contribution in [-0.2, 0) is 9.59 Å². The van der Waals surface area contributed by atoms with Crippen molar-refractivity contribution in [1.82, 2.24) is 10.9 Å². The van der Waals surface area contributed by atoms with Gasteiger partial charge in [-0.3, -0.25) is 20.4 Å². The second-order valence-electron chi connectivity index (χ2n) is 6.34. The smallest absolute Gasteiger partial charge is 0.276 e. The molecule has 0 saturated carbocycles. The van der Waals surface area contributed by atoms with Gasteiger partial charge in [0, 0.05) is 0 Å². The molecule has 0 spiro atoms. The van der Waals surface area contributed by atoms with Gasteiger partial charge in [-0.05, 0) is 48.6 Å². The molecule has 2 N–H and O–H groups in total. The van der Waals surface area contributed by atoms with Gasteiger partial charge >= 0.3 is 0 Å². The van der Waals surface area contributed by atoms with Crippen molar-refractivity contribution >= 4 is 11.8 Å². The number of carbonyl (C=O) groups is 2. The van der Waals surface area contributed by atoms with Gasteiger partial charge in [0.05, 0.1) is 0 Å². The van der Waals surface area contributed by atoms with Crippen molar-refractivity contribution in [3.8, 4) is 11.5 Å². The Morgan fingerprint density at radius 1 is 0.963 bits per heavy atom. The summed E-state index contributed by atoms with van der Waals surface area (Å²) in [7, 11) is 0. The van der Waals surface area contributed by atoms with Crippen LogP contribution < -0.4 is 20.3 Å². The molecule has 144 valence electrons. The highest BCUT2D eigenvalue weighted by atomic mass is 16.5. The summed E-state index contributed by atoms with van der Waals surface area (Å²) in [6.07, 6.45) is 0.976. The Bertz CT molecular complexity index is 776. The number of rotatable bonds is 8. The number of aryl methyl sites for hydroxylation is 1. The zero-order valence-corrected chi connectivity index (χ0v) is 16.0. The molecule has 0 fully saturated rings. The zero-order valence-electron chi connectivity index (χ0n) is 16.0. The first-order valence-electron chi connectivity index (χ1n) is 8.98. The molecule has 1 unspecified atom stereocenters. The molecular weight excluding hydrogens is 344 g/mol. The minimum Gasteiger partial charge on any atom is -0.484 e. The van der Waals surface area contributed by atoms with E-state index in [9.17, 15) is 9.59 Å². The van der Waals surface area contributed by atoms with Gasteiger partial charge in [0.1, 0.15) is 11.5 Å². The van der Waals surface area contributed by atoms with Crippen molar-refractivity contribution in [2.24, 2.45) is 0 Å². The fourth-order valence-corrected chi connectivity index (χ4v) is 2.45. The second kappa shape index (κ2) is 10.2. The monoisotopic (exact) mass is 370 g/mol. The van der Waals surface area contributed by atoms with Gasteiger partial charge in [-0.2, -0.15) is 0 Å². The number of ether oxygens (including phenoxy) is 2. The van der Waals surface area contributed by atoms with E-state index in [1.807, 2.05) is 49.4 Å². The van der Waals surface area contributed by atoms with E-state index in [4.69, 9.17) is 9.47 Å². The number of para-hydroxylation sites is 1. The van der Waals surface area contributed by atoms with Crippen molar-refractivity contribution in [3.63, 3.8) is 0 Å². The number of amides is 2. The lowest BCUT2D eigenvalue weighted by Gasteiger charge is -2.15. The van der Waals surface area contributed by atoms with Gasteiger partial charge < -0.3 is 9.47 Å². The largest absolute Gasteiger partial charge is 0.484 e. The van der Waals surface area contributed by atoms with Gasteiger partial charge in [-0.15, -0.1) is 0 Å². The maximum absolute atomic E-state index is 11.9. The highest BCUT2D eigenvalue weighted by Gasteiger charge is 2.11. The van der Waals surface area contributed by atoms with Crippen molar-refractivity contribution in [3.05, 3.63) is 59.7 Å². The third-order valence-electron chi connectivity index (χ3n) is 4.12. The van der Waals surface area contributed by atoms with Crippen LogP contribution in [0.15, 0.2) is 48.5 Å². The first-order valence-corrected chi connectivity index (χ1v) is 8.98. The molecule has 0 radical (unpaired) electrons. The SMILES string of the molecule is CCC(C)c1ccccc1OCC(=O)NNC(=O)COc1cccc(C)c1. The fraction of sp³-hybridized carbons (Fsp3) is 0.333. The lowest BCUT2D eigenvalue weighted by molar-refractivity contribution is -0.131. The lowest BCUT2D eigenvalue weighted by Crippen LogP contribution is -2.45. The zero-order chi connectivity index (χ0) is 19.6. The van der Waals surface area contributed by atoms with Crippen LogP contribution in [0.3, 0.4) is 0 Å². The highest BCUT2D eigenvalue weighted by molar-refractivity contribution is 5.83. The molecule has 27 heavy (non-hydrogen) atoms. The number of hydrogen-bond acceptors (Lipinski definition) is 4. The van der Waals surface area contributed by atoms with Crippen molar-refractivity contribution in [1.29, 1.82) is 0 Å². The van der Waals surface area contributed by atoms with Gasteiger partial charge in [-0.25, -0.2) is 0 Å². The molecule has 0 saturated heterocycles. The molecular formula is C21H26N2O4. The molecule has 0 bridgehead atoms. The van der Waals surface area contributed by atoms with E-state index in [2.05, 4.69) is 24.7 Å². The minimum absolute atomic E-state index is 0.188. The predicted molar refractivity (Wildman–Crippen MR) is 104 cm³/mol. The average Bonchev–Trinajstić information content (AvgIpc) is 2.68. The molecule has 0 aromatic heterocycles. The maximum atomic E-state index is 11.9. The number of benzene rings is 2. The molecule has 0 aliphatic heterocycles. The van der Waals surface area contributed by atoms with E-state index in [0.29, 0.717) is 17.4 Å². The van der Waals surface area contributed by atoms with Crippen LogP contribution in [0, 0.1) is 6.92 Å². The highest BCUT2D eigenvalue weighted by Crippen LogP contribution is 2.28. The summed E-state index contributed by atoms with van der Waals surface area (Å²) in [6, 6.07) is 15.0. The molecule has 6 heteroatoms. The van der Waals surface area contributed by atoms with Crippen LogP contribution in [-0.4, -0.2) is 25.0 Å². The molecule has 0 aliphatic rings. The van der Waals surface area contributed by atoms with Crippen LogP contribution in [0.4, 0.5) is 0 Å². The normalized spacial score (nSPS) is 11.4. The van der Waals surface area contributed by atoms with Crippen LogP contribution in [0.5, 0.6) is 11.5 Å². The maximum Gasteiger partial charge on any atom is 0.276 e. The summed E-state index contributed by atoms with van der Waals surface area (Å²) in [6.45, 7) is 5.76. The predicted octanol–water partition coefficient (Wildman–Crippen LogP) is 3.11. The van der Waals surface area contributed by atoms with E-state index < -0.39 is 11.8 Å². The van der Waals surface area contributed by atoms with Crippen molar-refractivity contribution < 1.29 is 19.1 Å². The average molecular weight is 370 g/mol. The molecule has 0 heterocycles. The van der Waals surface area contributed by atoms with E-state index in [0.717, 1.165) is 17.5 Å². The second-order valence-corrected chi connectivity index (χ2v) is 6.34. The molecule has 2 rings (SSSR count). The van der Waals surface area contributed by atoms with E-state index in [1.54, 1.807) is 6.07 Å². The van der Waals surface area contributed by atoms with Gasteiger partial charge in [0.25, 0.3) is 11.8 Å². The van der Waals surface area contributed by atoms with Crippen LogP contribution in [0.1, 0.15) is 37.3 Å². The summed E-state index contributed by atoms with van der Waals surface area (Å²) < 4.78 is 11.0. The molecule has 1 atom stereocenters. The van der Waals surface area contributed by atoms with Crippen molar-refractivity contribution in [2.75, 3.05) is 13.2 Å². The fourth-order valence-electron chi connectivity index (χ4n) is 2.45. The van der Waals surface area contributed by atoms with Gasteiger partial charge in [0.2, 0.25) is 0 Å². The van der Waals surface area contributed by atoms with Gasteiger partial charge in [-0.1, -0.05) is 44.2 Å². The number of nitrogens with one attached hydrogen (secondary N) is 2. The molecule has 6 nitrogen and oxygen atoms in total. The quantitative estimate of drug-likeness (QED) is 0.700. The summed E-state index contributed by atoms with van der Waals surface area (Å²) in [5.74, 6) is 0.711. The van der Waals surface area contributed by atoms with E-state index in [1.165, 1.54) is 0 Å².